The van der Waals surface area contributed by atoms with Crippen LogP contribution in [-0.4, -0.2) is 22.0 Å². The standard InChI is InChI=1S/C24H26FN3O/c1-18-26-13-14-28(18)17-24(11-12-24)16-27-23(29)15-21(19-7-3-2-4-8-19)20-9-5-6-10-22(20)25/h2-10,13-14,21H,11-12,15-17H2,1H3,(H,27,29)/t21-/m0/s1. The first kappa shape index (κ1) is 19.4. The molecule has 1 N–H and O–H groups in total. The van der Waals surface area contributed by atoms with E-state index in [9.17, 15) is 9.18 Å². The van der Waals surface area contributed by atoms with Crippen LogP contribution in [0.15, 0.2) is 67.0 Å². The molecule has 1 aromatic heterocycles. The molecule has 5 heteroatoms. The summed E-state index contributed by atoms with van der Waals surface area (Å²) in [7, 11) is 0. The highest BCUT2D eigenvalue weighted by Crippen LogP contribution is 2.46. The van der Waals surface area contributed by atoms with Crippen LogP contribution < -0.4 is 5.32 Å². The number of aromatic nitrogens is 2. The number of nitrogens with one attached hydrogen (secondary N) is 1. The first-order valence-electron chi connectivity index (χ1n) is 10.1. The highest BCUT2D eigenvalue weighted by atomic mass is 19.1. The maximum absolute atomic E-state index is 14.5. The maximum atomic E-state index is 14.5. The minimum Gasteiger partial charge on any atom is -0.355 e. The molecule has 1 atom stereocenters. The third kappa shape index (κ3) is 4.56. The largest absolute Gasteiger partial charge is 0.355 e. The van der Waals surface area contributed by atoms with Crippen LogP contribution in [0.1, 0.15) is 42.1 Å². The average molecular weight is 391 g/mol. The fourth-order valence-corrected chi connectivity index (χ4v) is 3.89. The lowest BCUT2D eigenvalue weighted by atomic mass is 9.88. The van der Waals surface area contributed by atoms with Crippen molar-refractivity contribution in [1.29, 1.82) is 0 Å². The van der Waals surface area contributed by atoms with Gasteiger partial charge in [0, 0.05) is 43.2 Å². The van der Waals surface area contributed by atoms with Crippen LogP contribution in [0.25, 0.3) is 0 Å². The van der Waals surface area contributed by atoms with Gasteiger partial charge in [-0.15, -0.1) is 0 Å². The van der Waals surface area contributed by atoms with Crippen molar-refractivity contribution in [1.82, 2.24) is 14.9 Å². The fraction of sp³-hybridized carbons (Fsp3) is 0.333. The Bertz CT molecular complexity index is 979. The fourth-order valence-electron chi connectivity index (χ4n) is 3.89. The molecule has 1 heterocycles. The molecule has 1 aliphatic rings. The van der Waals surface area contributed by atoms with Crippen LogP contribution in [0.3, 0.4) is 0 Å². The minimum atomic E-state index is -0.302. The van der Waals surface area contributed by atoms with Gasteiger partial charge in [-0.1, -0.05) is 48.5 Å². The third-order valence-corrected chi connectivity index (χ3v) is 5.92. The van der Waals surface area contributed by atoms with E-state index in [1.165, 1.54) is 6.07 Å². The van der Waals surface area contributed by atoms with Gasteiger partial charge >= 0.3 is 0 Å². The Labute approximate surface area is 170 Å². The third-order valence-electron chi connectivity index (χ3n) is 5.92. The molecule has 0 saturated heterocycles. The Morgan fingerprint density at radius 1 is 1.17 bits per heavy atom. The van der Waals surface area contributed by atoms with Crippen molar-refractivity contribution >= 4 is 5.91 Å². The van der Waals surface area contributed by atoms with Crippen molar-refractivity contribution in [2.24, 2.45) is 5.41 Å². The van der Waals surface area contributed by atoms with Gasteiger partial charge in [0.25, 0.3) is 0 Å². The van der Waals surface area contributed by atoms with Crippen molar-refractivity contribution in [3.05, 3.63) is 89.8 Å². The summed E-state index contributed by atoms with van der Waals surface area (Å²) in [6.07, 6.45) is 6.22. The van der Waals surface area contributed by atoms with Gasteiger partial charge in [0.1, 0.15) is 11.6 Å². The second-order valence-electron chi connectivity index (χ2n) is 8.07. The topological polar surface area (TPSA) is 46.9 Å². The van der Waals surface area contributed by atoms with Crippen LogP contribution in [-0.2, 0) is 11.3 Å². The Hall–Kier alpha value is -2.95. The molecule has 4 rings (SSSR count). The predicted molar refractivity (Wildman–Crippen MR) is 111 cm³/mol. The molecule has 3 aromatic rings. The number of amides is 1. The van der Waals surface area contributed by atoms with Crippen molar-refractivity contribution in [2.45, 2.75) is 38.6 Å². The van der Waals surface area contributed by atoms with Gasteiger partial charge in [0.2, 0.25) is 5.91 Å². The number of carbonyl (C=O) groups is 1. The summed E-state index contributed by atoms with van der Waals surface area (Å²) in [5, 5.41) is 3.11. The molecular weight excluding hydrogens is 365 g/mol. The number of imidazole rings is 1. The zero-order chi connectivity index (χ0) is 20.3. The van der Waals surface area contributed by atoms with Gasteiger partial charge < -0.3 is 9.88 Å². The second kappa shape index (κ2) is 8.19. The zero-order valence-corrected chi connectivity index (χ0v) is 16.6. The molecule has 0 aliphatic heterocycles. The molecule has 29 heavy (non-hydrogen) atoms. The van der Waals surface area contributed by atoms with Crippen LogP contribution in [0.4, 0.5) is 4.39 Å². The molecule has 1 amide bonds. The van der Waals surface area contributed by atoms with Crippen molar-refractivity contribution in [2.75, 3.05) is 6.54 Å². The molecular formula is C24H26FN3O. The second-order valence-corrected chi connectivity index (χ2v) is 8.07. The van der Waals surface area contributed by atoms with Gasteiger partial charge in [-0.25, -0.2) is 9.37 Å². The van der Waals surface area contributed by atoms with Crippen molar-refractivity contribution in [3.63, 3.8) is 0 Å². The minimum absolute atomic E-state index is 0.0456. The summed E-state index contributed by atoms with van der Waals surface area (Å²) < 4.78 is 16.6. The lowest BCUT2D eigenvalue weighted by molar-refractivity contribution is -0.121. The molecule has 0 spiro atoms. The van der Waals surface area contributed by atoms with E-state index in [0.29, 0.717) is 12.1 Å². The van der Waals surface area contributed by atoms with E-state index >= 15 is 0 Å². The Morgan fingerprint density at radius 3 is 2.55 bits per heavy atom. The van der Waals surface area contributed by atoms with E-state index in [2.05, 4.69) is 14.9 Å². The number of benzene rings is 2. The van der Waals surface area contributed by atoms with Crippen LogP contribution in [0, 0.1) is 18.2 Å². The zero-order valence-electron chi connectivity index (χ0n) is 16.6. The van der Waals surface area contributed by atoms with E-state index in [4.69, 9.17) is 0 Å². The lowest BCUT2D eigenvalue weighted by Gasteiger charge is -2.21. The van der Waals surface area contributed by atoms with E-state index in [0.717, 1.165) is 30.8 Å². The molecule has 0 radical (unpaired) electrons. The summed E-state index contributed by atoms with van der Waals surface area (Å²) in [4.78, 5) is 17.1. The number of carbonyl (C=O) groups excluding carboxylic acids is 1. The number of hydrogen-bond acceptors (Lipinski definition) is 2. The van der Waals surface area contributed by atoms with Crippen LogP contribution >= 0.6 is 0 Å². The van der Waals surface area contributed by atoms with Gasteiger partial charge in [-0.3, -0.25) is 4.79 Å². The maximum Gasteiger partial charge on any atom is 0.220 e. The SMILES string of the molecule is Cc1nccn1CC1(CNC(=O)C[C@@H](c2ccccc2)c2ccccc2F)CC1. The molecule has 1 saturated carbocycles. The molecule has 150 valence electrons. The predicted octanol–water partition coefficient (Wildman–Crippen LogP) is 4.45. The Morgan fingerprint density at radius 2 is 1.90 bits per heavy atom. The number of hydrogen-bond donors (Lipinski definition) is 1. The Balaban J connectivity index is 1.44. The quantitative estimate of drug-likeness (QED) is 0.617. The van der Waals surface area contributed by atoms with Crippen molar-refractivity contribution in [3.8, 4) is 0 Å². The van der Waals surface area contributed by atoms with E-state index in [-0.39, 0.29) is 29.5 Å². The average Bonchev–Trinajstić information content (AvgIpc) is 3.39. The summed E-state index contributed by atoms with van der Waals surface area (Å²) in [5.41, 5.74) is 1.62. The molecule has 1 aliphatic carbocycles. The summed E-state index contributed by atoms with van der Waals surface area (Å²) >= 11 is 0. The molecule has 2 aromatic carbocycles. The number of rotatable bonds is 8. The first-order valence-corrected chi connectivity index (χ1v) is 10.1. The lowest BCUT2D eigenvalue weighted by Crippen LogP contribution is -2.33. The molecule has 1 fully saturated rings. The Kier molecular flexibility index (Phi) is 5.47. The van der Waals surface area contributed by atoms with Gasteiger partial charge in [-0.05, 0) is 37.0 Å². The van der Waals surface area contributed by atoms with Gasteiger partial charge in [0.15, 0.2) is 0 Å². The number of aryl methyl sites for hydroxylation is 1. The normalized spacial score (nSPS) is 15.7. The highest BCUT2D eigenvalue weighted by molar-refractivity contribution is 5.77. The van der Waals surface area contributed by atoms with Gasteiger partial charge in [0.05, 0.1) is 0 Å². The number of nitrogens with zero attached hydrogens (tertiary/aromatic N) is 2. The summed E-state index contributed by atoms with van der Waals surface area (Å²) in [6.45, 7) is 3.50. The smallest absolute Gasteiger partial charge is 0.220 e. The van der Waals surface area contributed by atoms with Crippen LogP contribution in [0.5, 0.6) is 0 Å². The first-order chi connectivity index (χ1) is 14.1. The summed E-state index contributed by atoms with van der Waals surface area (Å²) in [6, 6.07) is 16.4. The van der Waals surface area contributed by atoms with E-state index < -0.39 is 0 Å². The van der Waals surface area contributed by atoms with Crippen LogP contribution in [0.2, 0.25) is 0 Å². The highest BCUT2D eigenvalue weighted by Gasteiger charge is 2.43. The molecule has 4 nitrogen and oxygen atoms in total. The van der Waals surface area contributed by atoms with E-state index in [1.54, 1.807) is 12.1 Å². The van der Waals surface area contributed by atoms with E-state index in [1.807, 2.05) is 55.7 Å². The molecule has 0 unspecified atom stereocenters. The van der Waals surface area contributed by atoms with Gasteiger partial charge in [-0.2, -0.15) is 0 Å². The monoisotopic (exact) mass is 391 g/mol. The molecule has 0 bridgehead atoms. The summed E-state index contributed by atoms with van der Waals surface area (Å²) in [5.74, 6) is 0.369. The van der Waals surface area contributed by atoms with Crippen molar-refractivity contribution < 1.29 is 9.18 Å². The number of halogens is 1.